The molecule has 0 amide bonds. The van der Waals surface area contributed by atoms with Gasteiger partial charge in [0.15, 0.2) is 0 Å². The molecule has 0 aliphatic rings. The van der Waals surface area contributed by atoms with Gasteiger partial charge in [-0.2, -0.15) is 0 Å². The van der Waals surface area contributed by atoms with Crippen LogP contribution >= 0.6 is 0 Å². The standard InChI is InChI=1S/C23H21NO2Se/c1-26-21-14-12-20(13-15-21)22(25)23(27)24(16-18-8-4-2-5-9-18)17-19-10-6-3-7-11-19/h2-15H,16-17H2,1H3. The Kier molecular flexibility index (Phi) is 6.58. The third-order valence-electron chi connectivity index (χ3n) is 4.27. The normalized spacial score (nSPS) is 10.3. The molecule has 3 aromatic rings. The Hall–Kier alpha value is -2.68. The number of methoxy groups -OCH3 is 1. The zero-order valence-corrected chi connectivity index (χ0v) is 16.9. The van der Waals surface area contributed by atoms with Crippen molar-refractivity contribution in [3.8, 4) is 5.75 Å². The van der Waals surface area contributed by atoms with Gasteiger partial charge in [0.2, 0.25) is 0 Å². The number of carbonyl (C=O) groups is 1. The summed E-state index contributed by atoms with van der Waals surface area (Å²) in [5.74, 6) is 0.711. The average molecular weight is 422 g/mol. The van der Waals surface area contributed by atoms with Gasteiger partial charge in [-0.15, -0.1) is 0 Å². The maximum atomic E-state index is 13.0. The zero-order valence-electron chi connectivity index (χ0n) is 15.2. The van der Waals surface area contributed by atoms with E-state index in [9.17, 15) is 4.79 Å². The molecule has 0 bridgehead atoms. The van der Waals surface area contributed by atoms with Crippen LogP contribution in [0.4, 0.5) is 0 Å². The Balaban J connectivity index is 1.83. The van der Waals surface area contributed by atoms with Crippen molar-refractivity contribution in [2.75, 3.05) is 7.11 Å². The molecular formula is C23H21NO2Se. The fourth-order valence-electron chi connectivity index (χ4n) is 2.82. The Labute approximate surface area is 168 Å². The molecule has 4 heteroatoms. The number of benzene rings is 3. The summed E-state index contributed by atoms with van der Waals surface area (Å²) in [7, 11) is 1.61. The predicted molar refractivity (Wildman–Crippen MR) is 110 cm³/mol. The van der Waals surface area contributed by atoms with Crippen molar-refractivity contribution in [1.82, 2.24) is 4.90 Å². The van der Waals surface area contributed by atoms with E-state index in [-0.39, 0.29) is 5.78 Å². The van der Waals surface area contributed by atoms with Crippen molar-refractivity contribution in [2.45, 2.75) is 13.1 Å². The van der Waals surface area contributed by atoms with E-state index in [0.717, 1.165) is 16.9 Å². The van der Waals surface area contributed by atoms with Crippen molar-refractivity contribution in [2.24, 2.45) is 0 Å². The molecule has 0 N–H and O–H groups in total. The van der Waals surface area contributed by atoms with E-state index < -0.39 is 0 Å². The molecule has 3 nitrogen and oxygen atoms in total. The van der Waals surface area contributed by atoms with Gasteiger partial charge in [-0.3, -0.25) is 0 Å². The number of carbonyl (C=O) groups excluding carboxylic acids is 1. The monoisotopic (exact) mass is 423 g/mol. The van der Waals surface area contributed by atoms with Gasteiger partial charge >= 0.3 is 168 Å². The van der Waals surface area contributed by atoms with Gasteiger partial charge in [-0.25, -0.2) is 0 Å². The first kappa shape index (κ1) is 19.1. The third kappa shape index (κ3) is 5.16. The Morgan fingerprint density at radius 3 is 1.74 bits per heavy atom. The number of nitrogens with zero attached hydrogens (tertiary/aromatic N) is 1. The van der Waals surface area contributed by atoms with Gasteiger partial charge < -0.3 is 0 Å². The molecule has 136 valence electrons. The number of hydrogen-bond acceptors (Lipinski definition) is 3. The minimum absolute atomic E-state index is 0.0236. The van der Waals surface area contributed by atoms with E-state index in [2.05, 4.69) is 44.7 Å². The van der Waals surface area contributed by atoms with Gasteiger partial charge in [0.1, 0.15) is 0 Å². The Bertz CT molecular complexity index is 851. The SMILES string of the molecule is COc1ccc(C(=O)C(=[Se])N(Cc2ccccc2)Cc2ccccc2)cc1. The minimum atomic E-state index is -0.0236. The van der Waals surface area contributed by atoms with Crippen LogP contribution in [0.2, 0.25) is 0 Å². The molecule has 0 saturated carbocycles. The van der Waals surface area contributed by atoms with Crippen molar-refractivity contribution in [3.63, 3.8) is 0 Å². The number of ketones is 1. The van der Waals surface area contributed by atoms with Crippen LogP contribution in [0, 0.1) is 0 Å². The molecule has 0 fully saturated rings. The van der Waals surface area contributed by atoms with E-state index in [1.165, 1.54) is 0 Å². The van der Waals surface area contributed by atoms with Gasteiger partial charge in [0.05, 0.1) is 0 Å². The van der Waals surface area contributed by atoms with E-state index in [1.54, 1.807) is 31.4 Å². The topological polar surface area (TPSA) is 29.5 Å². The van der Waals surface area contributed by atoms with Crippen molar-refractivity contribution < 1.29 is 9.53 Å². The number of hydrogen-bond donors (Lipinski definition) is 0. The second-order valence-corrected chi connectivity index (χ2v) is 7.00. The first-order valence-electron chi connectivity index (χ1n) is 8.73. The second kappa shape index (κ2) is 9.31. The summed E-state index contributed by atoms with van der Waals surface area (Å²) in [5, 5.41) is 0. The first-order valence-corrected chi connectivity index (χ1v) is 9.58. The number of ether oxygens (including phenoxy) is 1. The van der Waals surface area contributed by atoms with Crippen LogP contribution in [-0.4, -0.2) is 37.9 Å². The molecule has 0 saturated heterocycles. The van der Waals surface area contributed by atoms with Gasteiger partial charge in [0.25, 0.3) is 0 Å². The summed E-state index contributed by atoms with van der Waals surface area (Å²) in [6, 6.07) is 27.5. The molecule has 0 spiro atoms. The molecule has 27 heavy (non-hydrogen) atoms. The zero-order chi connectivity index (χ0) is 19.1. The Morgan fingerprint density at radius 1 is 0.815 bits per heavy atom. The average Bonchev–Trinajstić information content (AvgIpc) is 2.74. The van der Waals surface area contributed by atoms with Crippen LogP contribution in [-0.2, 0) is 13.1 Å². The fourth-order valence-corrected chi connectivity index (χ4v) is 3.33. The van der Waals surface area contributed by atoms with Crippen LogP contribution in [0.5, 0.6) is 5.75 Å². The van der Waals surface area contributed by atoms with Crippen LogP contribution in [0.1, 0.15) is 21.5 Å². The van der Waals surface area contributed by atoms with E-state index in [1.807, 2.05) is 36.4 Å². The molecule has 3 aromatic carbocycles. The van der Waals surface area contributed by atoms with Crippen molar-refractivity contribution in [1.29, 1.82) is 0 Å². The first-order chi connectivity index (χ1) is 13.2. The van der Waals surface area contributed by atoms with Gasteiger partial charge in [0, 0.05) is 0 Å². The third-order valence-corrected chi connectivity index (χ3v) is 5.20. The molecule has 0 aromatic heterocycles. The van der Waals surface area contributed by atoms with Gasteiger partial charge in [-0.1, -0.05) is 0 Å². The quantitative estimate of drug-likeness (QED) is 0.408. The summed E-state index contributed by atoms with van der Waals surface area (Å²) in [6.07, 6.45) is 0. The van der Waals surface area contributed by atoms with E-state index >= 15 is 0 Å². The molecule has 0 radical (unpaired) electrons. The maximum absolute atomic E-state index is 13.0. The summed E-state index contributed by atoms with van der Waals surface area (Å²) in [6.45, 7) is 1.31. The van der Waals surface area contributed by atoms with Crippen molar-refractivity contribution in [3.05, 3.63) is 102 Å². The molecule has 0 heterocycles. The van der Waals surface area contributed by atoms with Crippen LogP contribution in [0.15, 0.2) is 84.9 Å². The molecular weight excluding hydrogens is 401 g/mol. The molecule has 0 unspecified atom stereocenters. The molecule has 0 aliphatic carbocycles. The summed E-state index contributed by atoms with van der Waals surface area (Å²) < 4.78 is 5.78. The fraction of sp³-hybridized carbons (Fsp3) is 0.130. The van der Waals surface area contributed by atoms with E-state index in [0.29, 0.717) is 23.2 Å². The van der Waals surface area contributed by atoms with Crippen molar-refractivity contribution >= 4 is 25.9 Å². The molecule has 3 rings (SSSR count). The summed E-state index contributed by atoms with van der Waals surface area (Å²) in [4.78, 5) is 15.1. The van der Waals surface area contributed by atoms with Crippen LogP contribution < -0.4 is 4.74 Å². The van der Waals surface area contributed by atoms with Crippen LogP contribution in [0.3, 0.4) is 0 Å². The number of Topliss-reactive ketones (excluding diaryl/α,β-unsaturated/α-hetero) is 1. The van der Waals surface area contributed by atoms with E-state index in [4.69, 9.17) is 4.74 Å². The predicted octanol–water partition coefficient (Wildman–Crippen LogP) is 3.88. The summed E-state index contributed by atoms with van der Waals surface area (Å²) >= 11 is 3.01. The Morgan fingerprint density at radius 2 is 1.30 bits per heavy atom. The van der Waals surface area contributed by atoms with Gasteiger partial charge in [-0.05, 0) is 0 Å². The second-order valence-electron chi connectivity index (χ2n) is 6.19. The number of rotatable bonds is 8. The van der Waals surface area contributed by atoms with Crippen LogP contribution in [0.25, 0.3) is 0 Å². The molecule has 0 aliphatic heterocycles. The molecule has 0 atom stereocenters. The summed E-state index contributed by atoms with van der Waals surface area (Å²) in [5.41, 5.74) is 2.95.